The monoisotopic (exact) mass is 196 g/mol. The molecule has 0 saturated carbocycles. The first-order valence-electron chi connectivity index (χ1n) is 3.26. The Bertz CT molecular complexity index is 248. The van der Waals surface area contributed by atoms with Gasteiger partial charge in [-0.1, -0.05) is 0 Å². The lowest BCUT2D eigenvalue weighted by Crippen LogP contribution is -2.35. The van der Waals surface area contributed by atoms with Crippen molar-refractivity contribution < 1.29 is 18.3 Å². The van der Waals surface area contributed by atoms with Gasteiger partial charge in [0.05, 0.1) is 6.26 Å². The largest absolute Gasteiger partial charge is 0.480 e. The summed E-state index contributed by atoms with van der Waals surface area (Å²) in [6.45, 7) is 0.0479. The summed E-state index contributed by atoms with van der Waals surface area (Å²) < 4.78 is 23.1. The van der Waals surface area contributed by atoms with E-state index >= 15 is 0 Å². The van der Waals surface area contributed by atoms with E-state index in [1.165, 1.54) is 0 Å². The van der Waals surface area contributed by atoms with Crippen LogP contribution in [0.1, 0.15) is 6.42 Å². The van der Waals surface area contributed by atoms with Crippen LogP contribution in [-0.2, 0) is 14.8 Å². The smallest absolute Gasteiger partial charge is 0.320 e. The van der Waals surface area contributed by atoms with Crippen molar-refractivity contribution in [2.24, 2.45) is 5.73 Å². The molecule has 0 aliphatic heterocycles. The predicted molar refractivity (Wildman–Crippen MR) is 43.1 cm³/mol. The highest BCUT2D eigenvalue weighted by molar-refractivity contribution is 7.88. The Morgan fingerprint density at radius 1 is 1.67 bits per heavy atom. The lowest BCUT2D eigenvalue weighted by atomic mass is 10.2. The summed E-state index contributed by atoms with van der Waals surface area (Å²) in [7, 11) is -3.24. The number of carboxylic acid groups (broad SMARTS) is 1. The summed E-state index contributed by atoms with van der Waals surface area (Å²) in [5, 5.41) is 8.31. The predicted octanol–water partition coefficient (Wildman–Crippen LogP) is -1.66. The van der Waals surface area contributed by atoms with Gasteiger partial charge in [0.2, 0.25) is 10.0 Å². The molecule has 0 amide bonds. The van der Waals surface area contributed by atoms with Gasteiger partial charge in [-0.15, -0.1) is 0 Å². The molecule has 0 fully saturated rings. The van der Waals surface area contributed by atoms with Crippen LogP contribution in [0.2, 0.25) is 0 Å². The third-order valence-electron chi connectivity index (χ3n) is 1.14. The molecule has 0 radical (unpaired) electrons. The Morgan fingerprint density at radius 3 is 2.50 bits per heavy atom. The van der Waals surface area contributed by atoms with E-state index in [0.29, 0.717) is 0 Å². The number of rotatable bonds is 5. The molecule has 0 saturated heterocycles. The molecule has 12 heavy (non-hydrogen) atoms. The Balaban J connectivity index is 3.65. The Hall–Kier alpha value is -0.660. The van der Waals surface area contributed by atoms with E-state index in [4.69, 9.17) is 10.8 Å². The molecule has 0 aromatic heterocycles. The van der Waals surface area contributed by atoms with E-state index in [0.717, 1.165) is 6.26 Å². The van der Waals surface area contributed by atoms with Crippen molar-refractivity contribution in [2.45, 2.75) is 12.5 Å². The van der Waals surface area contributed by atoms with Crippen LogP contribution in [0, 0.1) is 0 Å². The first kappa shape index (κ1) is 11.3. The molecule has 0 unspecified atom stereocenters. The maximum Gasteiger partial charge on any atom is 0.320 e. The summed E-state index contributed by atoms with van der Waals surface area (Å²) in [6, 6.07) is -1.01. The van der Waals surface area contributed by atoms with Crippen molar-refractivity contribution >= 4 is 16.0 Å². The number of nitrogens with one attached hydrogen (secondary N) is 1. The minimum absolute atomic E-state index is 0.0479. The minimum Gasteiger partial charge on any atom is -0.480 e. The first-order chi connectivity index (χ1) is 5.33. The van der Waals surface area contributed by atoms with Crippen LogP contribution in [0.3, 0.4) is 0 Å². The third kappa shape index (κ3) is 6.08. The average Bonchev–Trinajstić information content (AvgIpc) is 1.84. The second kappa shape index (κ2) is 4.39. The van der Waals surface area contributed by atoms with Crippen molar-refractivity contribution in [2.75, 3.05) is 12.8 Å². The maximum atomic E-state index is 10.5. The van der Waals surface area contributed by atoms with E-state index in [9.17, 15) is 13.2 Å². The summed E-state index contributed by atoms with van der Waals surface area (Å²) in [5.74, 6) is -1.13. The SMILES string of the molecule is CS(=O)(=O)NCC[C@@H](N)C(=O)O. The van der Waals surface area contributed by atoms with Crippen molar-refractivity contribution in [3.05, 3.63) is 0 Å². The van der Waals surface area contributed by atoms with Crippen LogP contribution < -0.4 is 10.5 Å². The number of hydrogen-bond donors (Lipinski definition) is 3. The van der Waals surface area contributed by atoms with E-state index in [1.54, 1.807) is 0 Å². The highest BCUT2D eigenvalue weighted by atomic mass is 32.2. The Labute approximate surface area is 70.8 Å². The molecule has 0 aliphatic carbocycles. The number of sulfonamides is 1. The fourth-order valence-electron chi connectivity index (χ4n) is 0.523. The highest BCUT2D eigenvalue weighted by Gasteiger charge is 2.11. The van der Waals surface area contributed by atoms with Gasteiger partial charge in [-0.2, -0.15) is 0 Å². The molecule has 0 spiro atoms. The fraction of sp³-hybridized carbons (Fsp3) is 0.800. The molecule has 0 aromatic carbocycles. The number of carboxylic acids is 1. The zero-order valence-electron chi connectivity index (χ0n) is 6.65. The van der Waals surface area contributed by atoms with Crippen molar-refractivity contribution in [3.63, 3.8) is 0 Å². The maximum absolute atomic E-state index is 10.5. The molecular formula is C5H12N2O4S. The van der Waals surface area contributed by atoms with E-state index in [-0.39, 0.29) is 13.0 Å². The molecule has 0 bridgehead atoms. The lowest BCUT2D eigenvalue weighted by Gasteiger charge is -2.05. The average molecular weight is 196 g/mol. The third-order valence-corrected chi connectivity index (χ3v) is 1.87. The van der Waals surface area contributed by atoms with Crippen LogP contribution in [-0.4, -0.2) is 38.3 Å². The topological polar surface area (TPSA) is 109 Å². The van der Waals surface area contributed by atoms with Gasteiger partial charge in [0.1, 0.15) is 6.04 Å². The van der Waals surface area contributed by atoms with Crippen molar-refractivity contribution in [1.29, 1.82) is 0 Å². The molecule has 0 aromatic rings. The van der Waals surface area contributed by atoms with Crippen LogP contribution in [0.15, 0.2) is 0 Å². The molecule has 1 atom stereocenters. The van der Waals surface area contributed by atoms with Gasteiger partial charge < -0.3 is 10.8 Å². The van der Waals surface area contributed by atoms with Gasteiger partial charge in [-0.05, 0) is 6.42 Å². The van der Waals surface area contributed by atoms with E-state index in [1.807, 2.05) is 0 Å². The van der Waals surface area contributed by atoms with Gasteiger partial charge in [0.15, 0.2) is 0 Å². The second-order valence-corrected chi connectivity index (χ2v) is 4.23. The van der Waals surface area contributed by atoms with E-state index in [2.05, 4.69) is 4.72 Å². The number of carbonyl (C=O) groups is 1. The first-order valence-corrected chi connectivity index (χ1v) is 5.15. The van der Waals surface area contributed by atoms with Gasteiger partial charge in [-0.25, -0.2) is 13.1 Å². The number of hydrogen-bond acceptors (Lipinski definition) is 4. The summed E-state index contributed by atoms with van der Waals surface area (Å²) in [5.41, 5.74) is 5.11. The second-order valence-electron chi connectivity index (χ2n) is 2.40. The molecule has 4 N–H and O–H groups in total. The van der Waals surface area contributed by atoms with Crippen LogP contribution >= 0.6 is 0 Å². The zero-order chi connectivity index (χ0) is 9.78. The number of nitrogens with two attached hydrogens (primary N) is 1. The van der Waals surface area contributed by atoms with Crippen molar-refractivity contribution in [3.8, 4) is 0 Å². The molecule has 0 aliphatic rings. The summed E-state index contributed by atoms with van der Waals surface area (Å²) in [6.07, 6.45) is 1.09. The van der Waals surface area contributed by atoms with Gasteiger partial charge >= 0.3 is 5.97 Å². The molecule has 7 heteroatoms. The van der Waals surface area contributed by atoms with E-state index < -0.39 is 22.0 Å². The number of aliphatic carboxylic acids is 1. The fourth-order valence-corrected chi connectivity index (χ4v) is 1.01. The highest BCUT2D eigenvalue weighted by Crippen LogP contribution is 1.86. The van der Waals surface area contributed by atoms with Crippen molar-refractivity contribution in [1.82, 2.24) is 4.72 Å². The van der Waals surface area contributed by atoms with Gasteiger partial charge in [0, 0.05) is 6.54 Å². The molecule has 6 nitrogen and oxygen atoms in total. The summed E-state index contributed by atoms with van der Waals surface area (Å²) in [4.78, 5) is 10.2. The summed E-state index contributed by atoms with van der Waals surface area (Å²) >= 11 is 0. The quantitative estimate of drug-likeness (QED) is 0.487. The minimum atomic E-state index is -3.24. The molecule has 0 heterocycles. The van der Waals surface area contributed by atoms with Crippen LogP contribution in [0.4, 0.5) is 0 Å². The Morgan fingerprint density at radius 2 is 2.17 bits per heavy atom. The molecule has 0 rings (SSSR count). The molecule has 72 valence electrons. The zero-order valence-corrected chi connectivity index (χ0v) is 7.47. The van der Waals surface area contributed by atoms with Crippen LogP contribution in [0.5, 0.6) is 0 Å². The molecular weight excluding hydrogens is 184 g/mol. The lowest BCUT2D eigenvalue weighted by molar-refractivity contribution is -0.138. The Kier molecular flexibility index (Phi) is 4.15. The van der Waals surface area contributed by atoms with Gasteiger partial charge in [-0.3, -0.25) is 4.79 Å². The standard InChI is InChI=1S/C5H12N2O4S/c1-12(10,11)7-3-2-4(6)5(8)9/h4,7H,2-3,6H2,1H3,(H,8,9)/t4-/m1/s1. The van der Waals surface area contributed by atoms with Crippen LogP contribution in [0.25, 0.3) is 0 Å². The van der Waals surface area contributed by atoms with Gasteiger partial charge in [0.25, 0.3) is 0 Å². The normalized spacial score (nSPS) is 14.2.